The Kier molecular flexibility index (Phi) is 12.6. The molecule has 0 aliphatic carbocycles. The smallest absolute Gasteiger partial charge is 0.391 e. The molecular formula is C15H32NO6P. The van der Waals surface area contributed by atoms with Crippen LogP contribution in [-0.2, 0) is 13.9 Å². The molecular weight excluding hydrogens is 321 g/mol. The molecule has 23 heavy (non-hydrogen) atoms. The molecule has 0 aromatic carbocycles. The molecule has 8 heteroatoms. The van der Waals surface area contributed by atoms with Gasteiger partial charge in [-0.25, -0.2) is 4.57 Å². The van der Waals surface area contributed by atoms with Crippen molar-refractivity contribution >= 4 is 13.7 Å². The van der Waals surface area contributed by atoms with Gasteiger partial charge in [-0.2, -0.15) is 0 Å². The number of phosphoric acid groups is 1. The molecule has 4 N–H and O–H groups in total. The fourth-order valence-corrected chi connectivity index (χ4v) is 2.73. The third-order valence-electron chi connectivity index (χ3n) is 3.63. The van der Waals surface area contributed by atoms with Gasteiger partial charge < -0.3 is 20.2 Å². The van der Waals surface area contributed by atoms with Gasteiger partial charge in [0.15, 0.2) is 0 Å². The van der Waals surface area contributed by atoms with Crippen LogP contribution in [0.5, 0.6) is 0 Å². The Morgan fingerprint density at radius 1 is 1.09 bits per heavy atom. The minimum Gasteiger partial charge on any atom is -0.391 e. The van der Waals surface area contributed by atoms with Crippen LogP contribution in [0.1, 0.15) is 71.6 Å². The molecule has 0 aliphatic heterocycles. The van der Waals surface area contributed by atoms with Gasteiger partial charge in [-0.3, -0.25) is 9.32 Å². The van der Waals surface area contributed by atoms with E-state index in [2.05, 4.69) is 16.8 Å². The molecule has 138 valence electrons. The maximum Gasteiger partial charge on any atom is 0.469 e. The summed E-state index contributed by atoms with van der Waals surface area (Å²) in [5.41, 5.74) is 0. The number of hydrogen-bond acceptors (Lipinski definition) is 4. The highest BCUT2D eigenvalue weighted by atomic mass is 31.2. The molecule has 0 saturated heterocycles. The minimum absolute atomic E-state index is 0.376. The highest BCUT2D eigenvalue weighted by Gasteiger charge is 2.24. The summed E-state index contributed by atoms with van der Waals surface area (Å²) in [6.07, 6.45) is 8.69. The molecule has 0 heterocycles. The van der Waals surface area contributed by atoms with Crippen LogP contribution in [0.25, 0.3) is 0 Å². The Hall–Kier alpha value is -0.460. The van der Waals surface area contributed by atoms with Crippen molar-refractivity contribution in [3.8, 4) is 0 Å². The van der Waals surface area contributed by atoms with Gasteiger partial charge in [-0.05, 0) is 6.42 Å². The van der Waals surface area contributed by atoms with Gasteiger partial charge in [-0.15, -0.1) is 0 Å². The molecule has 0 radical (unpaired) electrons. The second-order valence-electron chi connectivity index (χ2n) is 5.92. The number of aliphatic hydroxyl groups excluding tert-OH is 1. The van der Waals surface area contributed by atoms with E-state index in [1.54, 1.807) is 0 Å². The Balaban J connectivity index is 3.96. The van der Waals surface area contributed by atoms with Crippen molar-refractivity contribution in [2.24, 2.45) is 0 Å². The quantitative estimate of drug-likeness (QED) is 0.282. The van der Waals surface area contributed by atoms with E-state index in [1.165, 1.54) is 39.0 Å². The first-order valence-electron chi connectivity index (χ1n) is 8.41. The molecule has 0 rings (SSSR count). The molecule has 0 saturated carbocycles. The van der Waals surface area contributed by atoms with Gasteiger partial charge in [0.2, 0.25) is 5.91 Å². The van der Waals surface area contributed by atoms with E-state index in [4.69, 9.17) is 9.79 Å². The third-order valence-corrected chi connectivity index (χ3v) is 4.11. The predicted molar refractivity (Wildman–Crippen MR) is 88.8 cm³/mol. The normalized spacial score (nSPS) is 14.5. The summed E-state index contributed by atoms with van der Waals surface area (Å²) >= 11 is 0. The molecule has 1 amide bonds. The Morgan fingerprint density at radius 2 is 1.61 bits per heavy atom. The van der Waals surface area contributed by atoms with Gasteiger partial charge >= 0.3 is 7.82 Å². The fourth-order valence-electron chi connectivity index (χ4n) is 2.38. The number of unbranched alkanes of at least 4 members (excludes halogenated alkanes) is 7. The molecule has 0 spiro atoms. The zero-order chi connectivity index (χ0) is 17.7. The molecule has 0 aromatic heterocycles. The highest BCUT2D eigenvalue weighted by molar-refractivity contribution is 7.46. The number of aliphatic hydroxyl groups is 1. The third kappa shape index (κ3) is 14.8. The SMILES string of the molecule is CCCCCCCCCC[C@@H](O)[C@H](COP(=O)(O)O)NC(C)=O. The Labute approximate surface area is 139 Å². The maximum atomic E-state index is 11.1. The number of carbonyl (C=O) groups is 1. The van der Waals surface area contributed by atoms with Crippen LogP contribution in [0.15, 0.2) is 0 Å². The lowest BCUT2D eigenvalue weighted by atomic mass is 10.0. The van der Waals surface area contributed by atoms with Gasteiger partial charge in [-0.1, -0.05) is 58.3 Å². The number of rotatable bonds is 14. The van der Waals surface area contributed by atoms with Crippen LogP contribution in [0.2, 0.25) is 0 Å². The first-order chi connectivity index (χ1) is 10.8. The maximum absolute atomic E-state index is 11.1. The van der Waals surface area contributed by atoms with Gasteiger partial charge in [0.1, 0.15) is 0 Å². The van der Waals surface area contributed by atoms with Gasteiger partial charge in [0.05, 0.1) is 18.8 Å². The topological polar surface area (TPSA) is 116 Å². The summed E-state index contributed by atoms with van der Waals surface area (Å²) in [7, 11) is -4.62. The molecule has 0 aromatic rings. The van der Waals surface area contributed by atoms with Crippen molar-refractivity contribution in [2.75, 3.05) is 6.61 Å². The van der Waals surface area contributed by atoms with Gasteiger partial charge in [0.25, 0.3) is 0 Å². The molecule has 2 atom stereocenters. The van der Waals surface area contributed by atoms with Crippen LogP contribution >= 0.6 is 7.82 Å². The summed E-state index contributed by atoms with van der Waals surface area (Å²) < 4.78 is 15.1. The largest absolute Gasteiger partial charge is 0.469 e. The van der Waals surface area contributed by atoms with E-state index < -0.39 is 26.6 Å². The van der Waals surface area contributed by atoms with Crippen molar-refractivity contribution in [1.29, 1.82) is 0 Å². The summed E-state index contributed by atoms with van der Waals surface area (Å²) in [6, 6.07) is -0.815. The van der Waals surface area contributed by atoms with E-state index in [0.717, 1.165) is 19.3 Å². The summed E-state index contributed by atoms with van der Waals surface area (Å²) in [5, 5.41) is 12.5. The average molecular weight is 353 g/mol. The molecule has 0 aliphatic rings. The second kappa shape index (κ2) is 12.9. The van der Waals surface area contributed by atoms with E-state index in [1.807, 2.05) is 0 Å². The van der Waals surface area contributed by atoms with Crippen LogP contribution in [0.4, 0.5) is 0 Å². The monoisotopic (exact) mass is 353 g/mol. The van der Waals surface area contributed by atoms with Crippen LogP contribution in [0, 0.1) is 0 Å². The Morgan fingerprint density at radius 3 is 2.09 bits per heavy atom. The number of phosphoric ester groups is 1. The van der Waals surface area contributed by atoms with E-state index >= 15 is 0 Å². The highest BCUT2D eigenvalue weighted by Crippen LogP contribution is 2.35. The molecule has 0 unspecified atom stereocenters. The van der Waals surface area contributed by atoms with Gasteiger partial charge in [0, 0.05) is 6.92 Å². The number of nitrogens with one attached hydrogen (secondary N) is 1. The summed E-state index contributed by atoms with van der Waals surface area (Å²) in [6.45, 7) is 3.05. The average Bonchev–Trinajstić information content (AvgIpc) is 2.44. The van der Waals surface area contributed by atoms with Crippen molar-refractivity contribution in [1.82, 2.24) is 5.32 Å². The van der Waals surface area contributed by atoms with Crippen molar-refractivity contribution in [2.45, 2.75) is 83.8 Å². The first-order valence-corrected chi connectivity index (χ1v) is 9.94. The van der Waals surface area contributed by atoms with E-state index in [-0.39, 0.29) is 5.91 Å². The van der Waals surface area contributed by atoms with E-state index in [9.17, 15) is 14.5 Å². The zero-order valence-electron chi connectivity index (χ0n) is 14.2. The predicted octanol–water partition coefficient (Wildman–Crippen LogP) is 2.49. The molecule has 0 fully saturated rings. The van der Waals surface area contributed by atoms with Crippen LogP contribution < -0.4 is 5.32 Å². The number of amides is 1. The summed E-state index contributed by atoms with van der Waals surface area (Å²) in [4.78, 5) is 28.5. The van der Waals surface area contributed by atoms with E-state index in [0.29, 0.717) is 6.42 Å². The minimum atomic E-state index is -4.62. The summed E-state index contributed by atoms with van der Waals surface area (Å²) in [5.74, 6) is -0.376. The van der Waals surface area contributed by atoms with Crippen molar-refractivity contribution in [3.63, 3.8) is 0 Å². The van der Waals surface area contributed by atoms with Crippen molar-refractivity contribution < 1.29 is 28.8 Å². The van der Waals surface area contributed by atoms with Crippen molar-refractivity contribution in [3.05, 3.63) is 0 Å². The first kappa shape index (κ1) is 22.5. The molecule has 0 bridgehead atoms. The lowest BCUT2D eigenvalue weighted by Crippen LogP contribution is -2.45. The standard InChI is InChI=1S/C15H32NO6P/c1-3-4-5-6-7-8-9-10-11-15(18)14(16-13(2)17)12-22-23(19,20)21/h14-15,18H,3-12H2,1-2H3,(H,16,17)(H2,19,20,21)/t14-,15+/m0/s1. The molecule has 7 nitrogen and oxygen atoms in total. The number of carbonyl (C=O) groups excluding carboxylic acids is 1. The van der Waals surface area contributed by atoms with Crippen LogP contribution in [-0.4, -0.2) is 39.6 Å². The lowest BCUT2D eigenvalue weighted by Gasteiger charge is -2.23. The number of hydrogen-bond donors (Lipinski definition) is 4. The Bertz CT molecular complexity index is 360. The fraction of sp³-hybridized carbons (Fsp3) is 0.933. The van der Waals surface area contributed by atoms with Crippen LogP contribution in [0.3, 0.4) is 0 Å². The lowest BCUT2D eigenvalue weighted by molar-refractivity contribution is -0.121. The second-order valence-corrected chi connectivity index (χ2v) is 7.16. The zero-order valence-corrected chi connectivity index (χ0v) is 15.1.